The molecule has 27 heavy (non-hydrogen) atoms. The number of ether oxygens (including phenoxy) is 4. The minimum atomic E-state index is -0.0489. The molecule has 0 fully saturated rings. The molecular formula is C21H27NO5. The highest BCUT2D eigenvalue weighted by Crippen LogP contribution is 2.33. The van der Waals surface area contributed by atoms with E-state index >= 15 is 0 Å². The van der Waals surface area contributed by atoms with Crippen molar-refractivity contribution < 1.29 is 23.7 Å². The summed E-state index contributed by atoms with van der Waals surface area (Å²) in [7, 11) is 6.40. The van der Waals surface area contributed by atoms with Crippen LogP contribution >= 0.6 is 0 Å². The Bertz CT molecular complexity index is 788. The van der Waals surface area contributed by atoms with Crippen molar-refractivity contribution >= 4 is 5.91 Å². The molecule has 2 rings (SSSR count). The molecule has 0 heterocycles. The van der Waals surface area contributed by atoms with Crippen LogP contribution in [-0.4, -0.2) is 40.9 Å². The van der Waals surface area contributed by atoms with Gasteiger partial charge in [-0.3, -0.25) is 4.79 Å². The number of carbonyl (C=O) groups excluding carboxylic acids is 1. The summed E-state index contributed by atoms with van der Waals surface area (Å²) in [5, 5.41) is 2.95. The Kier molecular flexibility index (Phi) is 7.34. The maximum atomic E-state index is 12.3. The van der Waals surface area contributed by atoms with Gasteiger partial charge in [0.2, 0.25) is 5.91 Å². The molecule has 0 aromatic heterocycles. The Morgan fingerprint density at radius 1 is 0.852 bits per heavy atom. The van der Waals surface area contributed by atoms with Crippen LogP contribution < -0.4 is 24.3 Å². The number of amides is 1. The number of para-hydroxylation sites is 1. The van der Waals surface area contributed by atoms with E-state index in [4.69, 9.17) is 18.9 Å². The molecule has 0 aliphatic heterocycles. The van der Waals surface area contributed by atoms with E-state index in [1.54, 1.807) is 28.4 Å². The van der Waals surface area contributed by atoms with Crippen molar-refractivity contribution in [1.29, 1.82) is 0 Å². The molecular weight excluding hydrogens is 346 g/mol. The average Bonchev–Trinajstić information content (AvgIpc) is 2.68. The molecule has 0 radical (unpaired) electrons. The normalized spacial score (nSPS) is 10.3. The van der Waals surface area contributed by atoms with Crippen LogP contribution in [0.2, 0.25) is 0 Å². The van der Waals surface area contributed by atoms with Crippen molar-refractivity contribution in [3.8, 4) is 23.0 Å². The molecule has 0 aliphatic carbocycles. The van der Waals surface area contributed by atoms with Crippen LogP contribution in [0.15, 0.2) is 30.3 Å². The van der Waals surface area contributed by atoms with E-state index in [-0.39, 0.29) is 12.3 Å². The van der Waals surface area contributed by atoms with E-state index in [1.807, 2.05) is 37.3 Å². The highest BCUT2D eigenvalue weighted by atomic mass is 16.5. The first-order valence-electron chi connectivity index (χ1n) is 8.72. The summed E-state index contributed by atoms with van der Waals surface area (Å²) < 4.78 is 21.4. The van der Waals surface area contributed by atoms with Crippen LogP contribution in [0.4, 0.5) is 0 Å². The molecule has 2 aromatic rings. The predicted octanol–water partition coefficient (Wildman–Crippen LogP) is 2.93. The van der Waals surface area contributed by atoms with Gasteiger partial charge in [-0.2, -0.15) is 0 Å². The smallest absolute Gasteiger partial charge is 0.224 e. The van der Waals surface area contributed by atoms with Crippen LogP contribution in [0, 0.1) is 6.92 Å². The first kappa shape index (κ1) is 20.4. The zero-order chi connectivity index (χ0) is 19.8. The lowest BCUT2D eigenvalue weighted by molar-refractivity contribution is -0.120. The van der Waals surface area contributed by atoms with E-state index in [2.05, 4.69) is 5.32 Å². The lowest BCUT2D eigenvalue weighted by atomic mass is 10.0. The molecule has 0 spiro atoms. The Labute approximate surface area is 160 Å². The summed E-state index contributed by atoms with van der Waals surface area (Å²) in [6.07, 6.45) is 0.929. The molecule has 0 saturated carbocycles. The van der Waals surface area contributed by atoms with E-state index in [0.717, 1.165) is 16.7 Å². The number of benzene rings is 2. The molecule has 0 saturated heterocycles. The maximum Gasteiger partial charge on any atom is 0.224 e. The minimum absolute atomic E-state index is 0.0489. The van der Waals surface area contributed by atoms with Crippen LogP contribution in [0.5, 0.6) is 23.0 Å². The van der Waals surface area contributed by atoms with Gasteiger partial charge >= 0.3 is 0 Å². The van der Waals surface area contributed by atoms with Crippen molar-refractivity contribution in [1.82, 2.24) is 5.32 Å². The van der Waals surface area contributed by atoms with Gasteiger partial charge in [-0.15, -0.1) is 0 Å². The van der Waals surface area contributed by atoms with Crippen LogP contribution in [0.25, 0.3) is 0 Å². The van der Waals surface area contributed by atoms with Gasteiger partial charge in [0, 0.05) is 6.54 Å². The number of hydrogen-bond acceptors (Lipinski definition) is 5. The third kappa shape index (κ3) is 4.84. The number of nitrogens with one attached hydrogen (secondary N) is 1. The molecule has 6 nitrogen and oxygen atoms in total. The molecule has 1 N–H and O–H groups in total. The zero-order valence-electron chi connectivity index (χ0n) is 16.5. The second-order valence-electron chi connectivity index (χ2n) is 6.01. The molecule has 0 unspecified atom stereocenters. The first-order valence-corrected chi connectivity index (χ1v) is 8.72. The Morgan fingerprint density at radius 3 is 2.15 bits per heavy atom. The van der Waals surface area contributed by atoms with E-state index < -0.39 is 0 Å². The zero-order valence-corrected chi connectivity index (χ0v) is 16.5. The summed E-state index contributed by atoms with van der Waals surface area (Å²) in [6.45, 7) is 2.43. The number of carbonyl (C=O) groups is 1. The van der Waals surface area contributed by atoms with Gasteiger partial charge in [0.15, 0.2) is 23.0 Å². The summed E-state index contributed by atoms with van der Waals surface area (Å²) >= 11 is 0. The number of rotatable bonds is 9. The Hall–Kier alpha value is -2.89. The largest absolute Gasteiger partial charge is 0.493 e. The van der Waals surface area contributed by atoms with Crippen molar-refractivity contribution in [2.45, 2.75) is 19.8 Å². The van der Waals surface area contributed by atoms with E-state index in [0.29, 0.717) is 36.0 Å². The summed E-state index contributed by atoms with van der Waals surface area (Å²) in [6, 6.07) is 9.43. The fraction of sp³-hybridized carbons (Fsp3) is 0.381. The molecule has 6 heteroatoms. The average molecular weight is 373 g/mol. The second kappa shape index (κ2) is 9.71. The molecule has 2 aromatic carbocycles. The fourth-order valence-corrected chi connectivity index (χ4v) is 3.04. The summed E-state index contributed by atoms with van der Waals surface area (Å²) in [5.74, 6) is 2.65. The first-order chi connectivity index (χ1) is 13.0. The van der Waals surface area contributed by atoms with Gasteiger partial charge in [-0.25, -0.2) is 0 Å². The van der Waals surface area contributed by atoms with Gasteiger partial charge in [0.1, 0.15) is 0 Å². The van der Waals surface area contributed by atoms with Crippen LogP contribution in [0.3, 0.4) is 0 Å². The summed E-state index contributed by atoms with van der Waals surface area (Å²) in [5.41, 5.74) is 2.80. The van der Waals surface area contributed by atoms with Gasteiger partial charge in [0.05, 0.1) is 34.9 Å². The quantitative estimate of drug-likeness (QED) is 0.732. The Balaban J connectivity index is 1.98. The van der Waals surface area contributed by atoms with Crippen molar-refractivity contribution in [2.24, 2.45) is 0 Å². The molecule has 0 aliphatic rings. The Morgan fingerprint density at radius 2 is 1.52 bits per heavy atom. The second-order valence-corrected chi connectivity index (χ2v) is 6.01. The topological polar surface area (TPSA) is 66.0 Å². The highest BCUT2D eigenvalue weighted by molar-refractivity contribution is 5.79. The van der Waals surface area contributed by atoms with Gasteiger partial charge in [-0.1, -0.05) is 18.2 Å². The van der Waals surface area contributed by atoms with Gasteiger partial charge < -0.3 is 24.3 Å². The fourth-order valence-electron chi connectivity index (χ4n) is 3.04. The monoisotopic (exact) mass is 373 g/mol. The molecule has 1 amide bonds. The standard InChI is InChI=1S/C21H27NO5/c1-14-16(9-10-18(25-3)20(14)26-4)13-19(23)22-12-11-15-7-6-8-17(24-2)21(15)27-5/h6-10H,11-13H2,1-5H3,(H,22,23). The van der Waals surface area contributed by atoms with Gasteiger partial charge in [-0.05, 0) is 42.2 Å². The van der Waals surface area contributed by atoms with E-state index in [1.165, 1.54) is 0 Å². The molecule has 0 bridgehead atoms. The van der Waals surface area contributed by atoms with Crippen LogP contribution in [0.1, 0.15) is 16.7 Å². The maximum absolute atomic E-state index is 12.3. The SMILES string of the molecule is COc1cccc(CCNC(=O)Cc2ccc(OC)c(OC)c2C)c1OC. The predicted molar refractivity (Wildman–Crippen MR) is 104 cm³/mol. The minimum Gasteiger partial charge on any atom is -0.493 e. The third-order valence-electron chi connectivity index (χ3n) is 4.46. The lowest BCUT2D eigenvalue weighted by Crippen LogP contribution is -2.27. The van der Waals surface area contributed by atoms with Crippen LogP contribution in [-0.2, 0) is 17.6 Å². The molecule has 0 atom stereocenters. The molecule has 146 valence electrons. The van der Waals surface area contributed by atoms with E-state index in [9.17, 15) is 4.79 Å². The number of hydrogen-bond donors (Lipinski definition) is 1. The number of methoxy groups -OCH3 is 4. The van der Waals surface area contributed by atoms with Gasteiger partial charge in [0.25, 0.3) is 0 Å². The van der Waals surface area contributed by atoms with Crippen molar-refractivity contribution in [3.63, 3.8) is 0 Å². The highest BCUT2D eigenvalue weighted by Gasteiger charge is 2.14. The van der Waals surface area contributed by atoms with Crippen molar-refractivity contribution in [3.05, 3.63) is 47.0 Å². The third-order valence-corrected chi connectivity index (χ3v) is 4.46. The lowest BCUT2D eigenvalue weighted by Gasteiger charge is -2.15. The summed E-state index contributed by atoms with van der Waals surface area (Å²) in [4.78, 5) is 12.3. The van der Waals surface area contributed by atoms with Crippen molar-refractivity contribution in [2.75, 3.05) is 35.0 Å².